The second-order valence-corrected chi connectivity index (χ2v) is 5.97. The first kappa shape index (κ1) is 12.8. The van der Waals surface area contributed by atoms with Crippen LogP contribution in [0, 0.1) is 0 Å². The van der Waals surface area contributed by atoms with E-state index >= 15 is 0 Å². The van der Waals surface area contributed by atoms with Gasteiger partial charge in [-0.25, -0.2) is 8.42 Å². The first-order chi connectivity index (χ1) is 5.81. The number of hydrogen-bond donors (Lipinski definition) is 1. The molecule has 2 N–H and O–H groups in total. The summed E-state index contributed by atoms with van der Waals surface area (Å²) in [5, 5.41) is 0. The summed E-state index contributed by atoms with van der Waals surface area (Å²) in [7, 11) is -0.976. The average Bonchev–Trinajstić information content (AvgIpc) is 1.81. The molecule has 0 saturated heterocycles. The minimum absolute atomic E-state index is 0.217. The fraction of sp³-hybridized carbons (Fsp3) is 0.857. The summed E-state index contributed by atoms with van der Waals surface area (Å²) in [6, 6.07) is 0. The number of likely N-dealkylation sites (N-methyl/N-ethyl adjacent to an activating group) is 1. The predicted octanol–water partition coefficient (Wildman–Crippen LogP) is -0.361. The van der Waals surface area contributed by atoms with Crippen molar-refractivity contribution in [1.29, 1.82) is 0 Å². The van der Waals surface area contributed by atoms with E-state index in [4.69, 9.17) is 18.0 Å². The molecule has 13 heavy (non-hydrogen) atoms. The van der Waals surface area contributed by atoms with Crippen molar-refractivity contribution >= 4 is 27.0 Å². The number of nitrogens with two attached hydrogens (primary N) is 1. The van der Waals surface area contributed by atoms with Gasteiger partial charge in [-0.3, -0.25) is 4.90 Å². The third-order valence-corrected chi connectivity index (χ3v) is 2.64. The Morgan fingerprint density at radius 2 is 2.08 bits per heavy atom. The van der Waals surface area contributed by atoms with E-state index in [9.17, 15) is 8.42 Å². The molecule has 0 radical (unpaired) electrons. The summed E-state index contributed by atoms with van der Waals surface area (Å²) in [6.45, 7) is 1.24. The molecule has 0 bridgehead atoms. The lowest BCUT2D eigenvalue weighted by Crippen LogP contribution is -2.30. The molecule has 4 nitrogen and oxygen atoms in total. The largest absolute Gasteiger partial charge is 0.392 e. The molecule has 0 saturated carbocycles. The first-order valence-corrected chi connectivity index (χ1v) is 6.43. The molecule has 0 rings (SSSR count). The molecule has 0 aromatic heterocycles. The standard InChI is InChI=1S/C7H16N2O2S2/c1-9(6-7(8)12)4-3-5-13(2,10)11/h3-6H2,1-2H3,(H2,8,12). The lowest BCUT2D eigenvalue weighted by atomic mass is 10.4. The molecule has 0 aromatic rings. The van der Waals surface area contributed by atoms with Gasteiger partial charge in [0.2, 0.25) is 0 Å². The van der Waals surface area contributed by atoms with E-state index in [2.05, 4.69) is 0 Å². The smallest absolute Gasteiger partial charge is 0.147 e. The second kappa shape index (κ2) is 5.51. The molecular formula is C7H16N2O2S2. The molecule has 6 heteroatoms. The monoisotopic (exact) mass is 224 g/mol. The van der Waals surface area contributed by atoms with Crippen LogP contribution in [-0.2, 0) is 9.84 Å². The van der Waals surface area contributed by atoms with Gasteiger partial charge >= 0.3 is 0 Å². The molecular weight excluding hydrogens is 208 g/mol. The highest BCUT2D eigenvalue weighted by Gasteiger charge is 2.04. The van der Waals surface area contributed by atoms with Crippen LogP contribution in [0.2, 0.25) is 0 Å². The summed E-state index contributed by atoms with van der Waals surface area (Å²) >= 11 is 4.71. The fourth-order valence-electron chi connectivity index (χ4n) is 0.942. The van der Waals surface area contributed by atoms with Gasteiger partial charge in [-0.1, -0.05) is 12.2 Å². The van der Waals surface area contributed by atoms with E-state index in [0.29, 0.717) is 24.5 Å². The van der Waals surface area contributed by atoms with E-state index < -0.39 is 9.84 Å². The Labute approximate surface area is 85.0 Å². The molecule has 0 unspecified atom stereocenters. The molecule has 0 aromatic carbocycles. The fourth-order valence-corrected chi connectivity index (χ4v) is 1.82. The second-order valence-electron chi connectivity index (χ2n) is 3.19. The van der Waals surface area contributed by atoms with Crippen LogP contribution in [0.25, 0.3) is 0 Å². The number of rotatable bonds is 6. The first-order valence-electron chi connectivity index (χ1n) is 3.96. The van der Waals surface area contributed by atoms with Crippen molar-refractivity contribution in [2.24, 2.45) is 5.73 Å². The van der Waals surface area contributed by atoms with Gasteiger partial charge in [0, 0.05) is 12.8 Å². The predicted molar refractivity (Wildman–Crippen MR) is 58.6 cm³/mol. The van der Waals surface area contributed by atoms with Gasteiger partial charge in [0.1, 0.15) is 9.84 Å². The number of sulfone groups is 1. The van der Waals surface area contributed by atoms with Crippen molar-refractivity contribution in [2.75, 3.05) is 32.1 Å². The Bertz CT molecular complexity index is 262. The van der Waals surface area contributed by atoms with Crippen molar-refractivity contribution in [3.63, 3.8) is 0 Å². The minimum Gasteiger partial charge on any atom is -0.392 e. The van der Waals surface area contributed by atoms with Crippen LogP contribution in [0.1, 0.15) is 6.42 Å². The van der Waals surface area contributed by atoms with Gasteiger partial charge in [-0.15, -0.1) is 0 Å². The van der Waals surface area contributed by atoms with Crippen LogP contribution < -0.4 is 5.73 Å². The van der Waals surface area contributed by atoms with Gasteiger partial charge in [-0.2, -0.15) is 0 Å². The molecule has 0 aliphatic carbocycles. The van der Waals surface area contributed by atoms with E-state index in [1.54, 1.807) is 0 Å². The Balaban J connectivity index is 3.60. The molecule has 78 valence electrons. The van der Waals surface area contributed by atoms with Crippen LogP contribution in [0.4, 0.5) is 0 Å². The third kappa shape index (κ3) is 9.72. The van der Waals surface area contributed by atoms with Crippen molar-refractivity contribution in [1.82, 2.24) is 4.90 Å². The molecule has 0 fully saturated rings. The van der Waals surface area contributed by atoms with Crippen LogP contribution in [0.15, 0.2) is 0 Å². The van der Waals surface area contributed by atoms with E-state index in [-0.39, 0.29) is 5.75 Å². The zero-order valence-electron chi connectivity index (χ0n) is 7.99. The maximum atomic E-state index is 10.8. The van der Waals surface area contributed by atoms with Crippen LogP contribution in [0.3, 0.4) is 0 Å². The van der Waals surface area contributed by atoms with E-state index in [1.807, 2.05) is 11.9 Å². The number of hydrogen-bond acceptors (Lipinski definition) is 4. The Kier molecular flexibility index (Phi) is 5.43. The summed E-state index contributed by atoms with van der Waals surface area (Å²) in [5.74, 6) is 0.217. The summed E-state index contributed by atoms with van der Waals surface area (Å²) in [4.78, 5) is 2.34. The average molecular weight is 224 g/mol. The summed E-state index contributed by atoms with van der Waals surface area (Å²) in [6.07, 6.45) is 1.86. The maximum Gasteiger partial charge on any atom is 0.147 e. The summed E-state index contributed by atoms with van der Waals surface area (Å²) in [5.41, 5.74) is 5.32. The van der Waals surface area contributed by atoms with E-state index in [0.717, 1.165) is 0 Å². The maximum absolute atomic E-state index is 10.8. The highest BCUT2D eigenvalue weighted by molar-refractivity contribution is 7.90. The zero-order valence-corrected chi connectivity index (χ0v) is 9.62. The Morgan fingerprint density at radius 1 is 1.54 bits per heavy atom. The molecule has 0 heterocycles. The molecule has 0 aliphatic heterocycles. The van der Waals surface area contributed by atoms with Crippen LogP contribution in [-0.4, -0.2) is 50.5 Å². The van der Waals surface area contributed by atoms with Gasteiger partial charge in [-0.05, 0) is 20.0 Å². The third-order valence-electron chi connectivity index (χ3n) is 1.48. The van der Waals surface area contributed by atoms with Gasteiger partial charge in [0.25, 0.3) is 0 Å². The van der Waals surface area contributed by atoms with Crippen LogP contribution >= 0.6 is 12.2 Å². The number of thiocarbonyl (C=S) groups is 1. The highest BCUT2D eigenvalue weighted by atomic mass is 32.2. The molecule has 0 amide bonds. The van der Waals surface area contributed by atoms with E-state index in [1.165, 1.54) is 6.26 Å². The Morgan fingerprint density at radius 3 is 2.46 bits per heavy atom. The van der Waals surface area contributed by atoms with Crippen molar-refractivity contribution < 1.29 is 8.42 Å². The van der Waals surface area contributed by atoms with Gasteiger partial charge in [0.15, 0.2) is 0 Å². The minimum atomic E-state index is -2.84. The molecule has 0 aliphatic rings. The zero-order chi connectivity index (χ0) is 10.5. The lowest BCUT2D eigenvalue weighted by Gasteiger charge is -2.14. The topological polar surface area (TPSA) is 63.4 Å². The number of nitrogens with zero attached hydrogens (tertiary/aromatic N) is 1. The molecule has 0 atom stereocenters. The lowest BCUT2D eigenvalue weighted by molar-refractivity contribution is 0.382. The molecule has 0 spiro atoms. The van der Waals surface area contributed by atoms with Gasteiger partial charge < -0.3 is 5.73 Å². The van der Waals surface area contributed by atoms with Gasteiger partial charge in [0.05, 0.1) is 10.7 Å². The SMILES string of the molecule is CN(CCCS(C)(=O)=O)CC(N)=S. The van der Waals surface area contributed by atoms with Crippen LogP contribution in [0.5, 0.6) is 0 Å². The normalized spacial score (nSPS) is 11.9. The summed E-state index contributed by atoms with van der Waals surface area (Å²) < 4.78 is 21.5. The van der Waals surface area contributed by atoms with Crippen molar-refractivity contribution in [3.05, 3.63) is 0 Å². The van der Waals surface area contributed by atoms with Crippen molar-refractivity contribution in [3.8, 4) is 0 Å². The quantitative estimate of drug-likeness (QED) is 0.624. The highest BCUT2D eigenvalue weighted by Crippen LogP contribution is 1.92. The Hall–Kier alpha value is -0.200. The van der Waals surface area contributed by atoms with Crippen molar-refractivity contribution in [2.45, 2.75) is 6.42 Å².